The third-order valence-electron chi connectivity index (χ3n) is 4.43. The highest BCUT2D eigenvalue weighted by atomic mass is 32.1. The van der Waals surface area contributed by atoms with Gasteiger partial charge in [-0.3, -0.25) is 4.79 Å². The molecule has 26 heavy (non-hydrogen) atoms. The molecule has 1 aliphatic carbocycles. The summed E-state index contributed by atoms with van der Waals surface area (Å²) in [5, 5.41) is 5.77. The van der Waals surface area contributed by atoms with E-state index < -0.39 is 0 Å². The smallest absolute Gasteiger partial charge is 0.258 e. The number of benzene rings is 1. The molecule has 0 aliphatic heterocycles. The van der Waals surface area contributed by atoms with Gasteiger partial charge in [0.25, 0.3) is 5.91 Å². The van der Waals surface area contributed by atoms with Crippen LogP contribution in [0.5, 0.6) is 5.75 Å². The fraction of sp³-hybridized carbons (Fsp3) is 0.300. The number of hydrogen-bond donors (Lipinski definition) is 1. The fourth-order valence-corrected chi connectivity index (χ4v) is 3.71. The maximum absolute atomic E-state index is 12.0. The van der Waals surface area contributed by atoms with E-state index in [9.17, 15) is 4.79 Å². The zero-order chi connectivity index (χ0) is 17.9. The highest BCUT2D eigenvalue weighted by Crippen LogP contribution is 2.26. The molecule has 0 saturated carbocycles. The Morgan fingerprint density at radius 1 is 1.27 bits per heavy atom. The standard InChI is InChI=1S/C20H20N2O3S/c1-13-22-18(12-26-13)19-8-7-17(25-19)10-21-20(23)11-24-16-6-5-14-3-2-4-15(14)9-16/h5-9,12H,2-4,10-11H2,1H3,(H,21,23). The molecular weight excluding hydrogens is 348 g/mol. The monoisotopic (exact) mass is 368 g/mol. The number of amides is 1. The molecule has 0 spiro atoms. The Hall–Kier alpha value is -2.60. The largest absolute Gasteiger partial charge is 0.484 e. The fourth-order valence-electron chi connectivity index (χ4n) is 3.11. The van der Waals surface area contributed by atoms with Crippen LogP contribution in [-0.2, 0) is 24.2 Å². The van der Waals surface area contributed by atoms with Gasteiger partial charge in [0.1, 0.15) is 17.2 Å². The van der Waals surface area contributed by atoms with Gasteiger partial charge in [0.05, 0.1) is 11.6 Å². The number of carbonyl (C=O) groups is 1. The number of aryl methyl sites for hydroxylation is 3. The Balaban J connectivity index is 1.27. The number of aromatic nitrogens is 1. The number of rotatable bonds is 6. The van der Waals surface area contributed by atoms with Crippen molar-refractivity contribution in [2.24, 2.45) is 0 Å². The van der Waals surface area contributed by atoms with Gasteiger partial charge in [0.2, 0.25) is 0 Å². The zero-order valence-corrected chi connectivity index (χ0v) is 15.4. The molecule has 2 heterocycles. The maximum atomic E-state index is 12.0. The van der Waals surface area contributed by atoms with Gasteiger partial charge >= 0.3 is 0 Å². The quantitative estimate of drug-likeness (QED) is 0.717. The Kier molecular flexibility index (Phi) is 4.75. The van der Waals surface area contributed by atoms with Crippen LogP contribution >= 0.6 is 11.3 Å². The molecule has 1 aliphatic rings. The van der Waals surface area contributed by atoms with E-state index >= 15 is 0 Å². The van der Waals surface area contributed by atoms with Crippen molar-refractivity contribution in [2.45, 2.75) is 32.7 Å². The Bertz CT molecular complexity index is 929. The van der Waals surface area contributed by atoms with Crippen molar-refractivity contribution in [2.75, 3.05) is 6.61 Å². The minimum absolute atomic E-state index is 0.00235. The molecule has 5 nitrogen and oxygen atoms in total. The van der Waals surface area contributed by atoms with Crippen molar-refractivity contribution < 1.29 is 13.9 Å². The molecule has 0 bridgehead atoms. The first-order valence-corrected chi connectivity index (χ1v) is 9.58. The summed E-state index contributed by atoms with van der Waals surface area (Å²) in [5.74, 6) is 1.98. The van der Waals surface area contributed by atoms with E-state index in [1.54, 1.807) is 11.3 Å². The van der Waals surface area contributed by atoms with Crippen LogP contribution in [0, 0.1) is 6.92 Å². The first-order valence-electron chi connectivity index (χ1n) is 8.70. The van der Waals surface area contributed by atoms with Crippen LogP contribution in [0.2, 0.25) is 0 Å². The normalized spacial score (nSPS) is 12.8. The maximum Gasteiger partial charge on any atom is 0.258 e. The molecule has 0 saturated heterocycles. The van der Waals surface area contributed by atoms with Gasteiger partial charge in [-0.2, -0.15) is 0 Å². The third-order valence-corrected chi connectivity index (χ3v) is 5.21. The van der Waals surface area contributed by atoms with E-state index in [4.69, 9.17) is 9.15 Å². The molecule has 3 aromatic rings. The minimum atomic E-state index is -0.173. The summed E-state index contributed by atoms with van der Waals surface area (Å²) in [4.78, 5) is 16.4. The van der Waals surface area contributed by atoms with Crippen molar-refractivity contribution in [3.63, 3.8) is 0 Å². The van der Waals surface area contributed by atoms with Crippen LogP contribution in [0.15, 0.2) is 40.1 Å². The molecule has 1 aromatic carbocycles. The summed E-state index contributed by atoms with van der Waals surface area (Å²) in [5.41, 5.74) is 3.55. The topological polar surface area (TPSA) is 64.4 Å². The average molecular weight is 368 g/mol. The van der Waals surface area contributed by atoms with Gasteiger partial charge in [-0.25, -0.2) is 4.98 Å². The molecule has 0 fully saturated rings. The second kappa shape index (κ2) is 7.33. The first kappa shape index (κ1) is 16.8. The molecule has 2 aromatic heterocycles. The molecule has 0 unspecified atom stereocenters. The third kappa shape index (κ3) is 3.80. The Labute approximate surface area is 156 Å². The lowest BCUT2D eigenvalue weighted by atomic mass is 10.1. The summed E-state index contributed by atoms with van der Waals surface area (Å²) in [6.45, 7) is 2.28. The molecule has 6 heteroatoms. The van der Waals surface area contributed by atoms with E-state index in [0.717, 1.165) is 29.3 Å². The molecular formula is C20H20N2O3S. The predicted molar refractivity (Wildman–Crippen MR) is 100 cm³/mol. The van der Waals surface area contributed by atoms with Gasteiger partial charge in [0, 0.05) is 5.38 Å². The molecule has 0 radical (unpaired) electrons. The summed E-state index contributed by atoms with van der Waals surface area (Å²) in [7, 11) is 0. The molecule has 1 amide bonds. The molecule has 0 atom stereocenters. The average Bonchev–Trinajstić information content (AvgIpc) is 3.37. The highest BCUT2D eigenvalue weighted by molar-refractivity contribution is 7.09. The van der Waals surface area contributed by atoms with Crippen molar-refractivity contribution in [1.82, 2.24) is 10.3 Å². The van der Waals surface area contributed by atoms with Crippen molar-refractivity contribution in [3.05, 3.63) is 57.6 Å². The van der Waals surface area contributed by atoms with E-state index in [-0.39, 0.29) is 12.5 Å². The summed E-state index contributed by atoms with van der Waals surface area (Å²) in [6, 6.07) is 9.80. The van der Waals surface area contributed by atoms with Crippen LogP contribution in [0.1, 0.15) is 28.3 Å². The van der Waals surface area contributed by atoms with Crippen LogP contribution < -0.4 is 10.1 Å². The van der Waals surface area contributed by atoms with Gasteiger partial charge in [-0.05, 0) is 61.6 Å². The van der Waals surface area contributed by atoms with Crippen LogP contribution in [0.25, 0.3) is 11.5 Å². The van der Waals surface area contributed by atoms with E-state index in [2.05, 4.69) is 16.4 Å². The number of ether oxygens (including phenoxy) is 1. The Morgan fingerprint density at radius 3 is 3.00 bits per heavy atom. The number of carbonyl (C=O) groups excluding carboxylic acids is 1. The SMILES string of the molecule is Cc1nc(-c2ccc(CNC(=O)COc3ccc4c(c3)CCC4)o2)cs1. The number of thiazole rings is 1. The van der Waals surface area contributed by atoms with Crippen LogP contribution in [-0.4, -0.2) is 17.5 Å². The number of nitrogens with one attached hydrogen (secondary N) is 1. The lowest BCUT2D eigenvalue weighted by Crippen LogP contribution is -2.28. The van der Waals surface area contributed by atoms with E-state index in [1.807, 2.05) is 36.6 Å². The van der Waals surface area contributed by atoms with Crippen LogP contribution in [0.3, 0.4) is 0 Å². The van der Waals surface area contributed by atoms with E-state index in [1.165, 1.54) is 17.5 Å². The van der Waals surface area contributed by atoms with Crippen molar-refractivity contribution in [3.8, 4) is 17.2 Å². The lowest BCUT2D eigenvalue weighted by Gasteiger charge is -2.08. The van der Waals surface area contributed by atoms with Gasteiger partial charge < -0.3 is 14.5 Å². The number of hydrogen-bond acceptors (Lipinski definition) is 5. The molecule has 4 rings (SSSR count). The summed E-state index contributed by atoms with van der Waals surface area (Å²) in [6.07, 6.45) is 3.44. The number of nitrogens with zero attached hydrogens (tertiary/aromatic N) is 1. The van der Waals surface area contributed by atoms with Gasteiger partial charge in [-0.15, -0.1) is 11.3 Å². The predicted octanol–water partition coefficient (Wildman–Crippen LogP) is 3.90. The highest BCUT2D eigenvalue weighted by Gasteiger charge is 2.12. The number of fused-ring (bicyclic) bond motifs is 1. The molecule has 134 valence electrons. The van der Waals surface area contributed by atoms with Crippen molar-refractivity contribution in [1.29, 1.82) is 0 Å². The summed E-state index contributed by atoms with van der Waals surface area (Å²) < 4.78 is 11.3. The van der Waals surface area contributed by atoms with Gasteiger partial charge in [0.15, 0.2) is 12.4 Å². The first-order chi connectivity index (χ1) is 12.7. The summed E-state index contributed by atoms with van der Waals surface area (Å²) >= 11 is 1.58. The van der Waals surface area contributed by atoms with Crippen molar-refractivity contribution >= 4 is 17.2 Å². The second-order valence-corrected chi connectivity index (χ2v) is 7.43. The zero-order valence-electron chi connectivity index (χ0n) is 14.6. The second-order valence-electron chi connectivity index (χ2n) is 6.37. The van der Waals surface area contributed by atoms with Gasteiger partial charge in [-0.1, -0.05) is 6.07 Å². The Morgan fingerprint density at radius 2 is 2.15 bits per heavy atom. The van der Waals surface area contributed by atoms with Crippen LogP contribution in [0.4, 0.5) is 0 Å². The number of furan rings is 1. The lowest BCUT2D eigenvalue weighted by molar-refractivity contribution is -0.123. The van der Waals surface area contributed by atoms with E-state index in [0.29, 0.717) is 18.1 Å². The molecule has 1 N–H and O–H groups in total. The minimum Gasteiger partial charge on any atom is -0.484 e.